The van der Waals surface area contributed by atoms with Crippen LogP contribution < -0.4 is 0 Å². The Balaban J connectivity index is 1.56. The highest BCUT2D eigenvalue weighted by atomic mass is 16.4. The predicted octanol–water partition coefficient (Wildman–Crippen LogP) is 1.11. The highest BCUT2D eigenvalue weighted by Crippen LogP contribution is 2.57. The Morgan fingerprint density at radius 1 is 0.905 bits per heavy atom. The van der Waals surface area contributed by atoms with Crippen molar-refractivity contribution in [2.45, 2.75) is 50.7 Å². The largest absolute Gasteiger partial charge is 0.480 e. The molecular formula is C16H23NO4. The van der Waals surface area contributed by atoms with Crippen molar-refractivity contribution in [3.05, 3.63) is 0 Å². The van der Waals surface area contributed by atoms with Crippen LogP contribution in [0.25, 0.3) is 0 Å². The zero-order chi connectivity index (χ0) is 14.7. The Morgan fingerprint density at radius 3 is 2.00 bits per heavy atom. The maximum Gasteiger partial charge on any atom is 0.326 e. The van der Waals surface area contributed by atoms with Crippen LogP contribution in [0.2, 0.25) is 0 Å². The number of carboxylic acid groups (broad SMARTS) is 1. The van der Waals surface area contributed by atoms with Crippen LogP contribution in [0.1, 0.15) is 38.5 Å². The number of likely N-dealkylation sites (tertiary alicyclic amines) is 1. The molecule has 5 aliphatic rings. The fourth-order valence-corrected chi connectivity index (χ4v) is 5.81. The second-order valence-electron chi connectivity index (χ2n) is 7.69. The lowest BCUT2D eigenvalue weighted by molar-refractivity contribution is -0.157. The van der Waals surface area contributed by atoms with Gasteiger partial charge in [-0.3, -0.25) is 4.79 Å². The first kappa shape index (κ1) is 13.6. The van der Waals surface area contributed by atoms with Crippen molar-refractivity contribution in [2.75, 3.05) is 6.54 Å². The van der Waals surface area contributed by atoms with E-state index in [1.165, 1.54) is 11.3 Å². The third kappa shape index (κ3) is 2.08. The summed E-state index contributed by atoms with van der Waals surface area (Å²) in [5.41, 5.74) is 0. The number of β-amino-alcohol motifs (C(OH)–C–C–N with tert-alkyl or cyclic N) is 1. The average molecular weight is 293 g/mol. The Morgan fingerprint density at radius 2 is 1.48 bits per heavy atom. The molecule has 4 aliphatic carbocycles. The van der Waals surface area contributed by atoms with Crippen LogP contribution in [0.3, 0.4) is 0 Å². The third-order valence-corrected chi connectivity index (χ3v) is 6.36. The van der Waals surface area contributed by atoms with Gasteiger partial charge in [-0.15, -0.1) is 0 Å². The fraction of sp³-hybridized carbons (Fsp3) is 0.875. The zero-order valence-corrected chi connectivity index (χ0v) is 12.1. The van der Waals surface area contributed by atoms with E-state index in [9.17, 15) is 19.8 Å². The van der Waals surface area contributed by atoms with Gasteiger partial charge in [0.1, 0.15) is 6.04 Å². The van der Waals surface area contributed by atoms with Gasteiger partial charge in [0.2, 0.25) is 5.91 Å². The summed E-state index contributed by atoms with van der Waals surface area (Å²) in [6, 6.07) is -0.829. The van der Waals surface area contributed by atoms with Crippen LogP contribution in [0.5, 0.6) is 0 Å². The molecule has 4 saturated carbocycles. The molecule has 1 aliphatic heterocycles. The lowest BCUT2D eigenvalue weighted by Crippen LogP contribution is -2.53. The molecular weight excluding hydrogens is 270 g/mol. The van der Waals surface area contributed by atoms with Gasteiger partial charge in [0.15, 0.2) is 0 Å². The molecule has 4 bridgehead atoms. The molecule has 0 radical (unpaired) electrons. The van der Waals surface area contributed by atoms with E-state index < -0.39 is 18.1 Å². The zero-order valence-electron chi connectivity index (χ0n) is 12.1. The van der Waals surface area contributed by atoms with Crippen molar-refractivity contribution in [1.29, 1.82) is 0 Å². The van der Waals surface area contributed by atoms with E-state index in [4.69, 9.17) is 0 Å². The van der Waals surface area contributed by atoms with Gasteiger partial charge in [0.25, 0.3) is 0 Å². The van der Waals surface area contributed by atoms with E-state index >= 15 is 0 Å². The van der Waals surface area contributed by atoms with Gasteiger partial charge in [0.05, 0.1) is 6.10 Å². The second kappa shape index (κ2) is 4.70. The highest BCUT2D eigenvalue weighted by molar-refractivity contribution is 5.86. The molecule has 0 aromatic carbocycles. The molecule has 1 saturated heterocycles. The topological polar surface area (TPSA) is 77.8 Å². The summed E-state index contributed by atoms with van der Waals surface area (Å²) in [6.07, 6.45) is 5.43. The number of carbonyl (C=O) groups is 2. The van der Waals surface area contributed by atoms with Gasteiger partial charge in [-0.2, -0.15) is 0 Å². The second-order valence-corrected chi connectivity index (χ2v) is 7.69. The smallest absolute Gasteiger partial charge is 0.326 e. The summed E-state index contributed by atoms with van der Waals surface area (Å²) in [7, 11) is 0. The third-order valence-electron chi connectivity index (χ3n) is 6.36. The van der Waals surface area contributed by atoms with Crippen molar-refractivity contribution in [3.63, 3.8) is 0 Å². The number of amides is 1. The summed E-state index contributed by atoms with van der Waals surface area (Å²) in [5.74, 6) is 1.57. The van der Waals surface area contributed by atoms with E-state index in [1.54, 1.807) is 0 Å². The molecule has 116 valence electrons. The van der Waals surface area contributed by atoms with Crippen molar-refractivity contribution < 1.29 is 19.8 Å². The van der Waals surface area contributed by atoms with E-state index in [1.807, 2.05) is 0 Å². The van der Waals surface area contributed by atoms with Crippen molar-refractivity contribution in [2.24, 2.45) is 29.6 Å². The molecule has 5 rings (SSSR count). The van der Waals surface area contributed by atoms with Crippen molar-refractivity contribution in [3.8, 4) is 0 Å². The van der Waals surface area contributed by atoms with Crippen LogP contribution in [0, 0.1) is 29.6 Å². The predicted molar refractivity (Wildman–Crippen MR) is 74.3 cm³/mol. The number of aliphatic hydroxyl groups excluding tert-OH is 1. The summed E-state index contributed by atoms with van der Waals surface area (Å²) in [6.45, 7) is 0.193. The minimum atomic E-state index is -0.983. The van der Waals surface area contributed by atoms with Crippen LogP contribution in [0.15, 0.2) is 0 Å². The molecule has 5 heteroatoms. The Kier molecular flexibility index (Phi) is 3.03. The number of hydrogen-bond acceptors (Lipinski definition) is 3. The summed E-state index contributed by atoms with van der Waals surface area (Å²) in [5, 5.41) is 19.1. The maximum absolute atomic E-state index is 12.9. The van der Waals surface area contributed by atoms with Crippen LogP contribution >= 0.6 is 0 Å². The normalized spacial score (nSPS) is 47.9. The summed E-state index contributed by atoms with van der Waals surface area (Å²) < 4.78 is 0. The molecule has 1 heterocycles. The molecule has 21 heavy (non-hydrogen) atoms. The van der Waals surface area contributed by atoms with Gasteiger partial charge in [-0.25, -0.2) is 4.79 Å². The number of aliphatic hydroxyl groups is 1. The van der Waals surface area contributed by atoms with E-state index in [2.05, 4.69) is 0 Å². The monoisotopic (exact) mass is 293 g/mol. The average Bonchev–Trinajstić information content (AvgIpc) is 2.79. The number of carboxylic acids is 1. The molecule has 2 N–H and O–H groups in total. The van der Waals surface area contributed by atoms with E-state index in [0.29, 0.717) is 11.8 Å². The van der Waals surface area contributed by atoms with Gasteiger partial charge in [0, 0.05) is 18.9 Å². The molecule has 5 nitrogen and oxygen atoms in total. The first-order valence-corrected chi connectivity index (χ1v) is 8.24. The first-order chi connectivity index (χ1) is 10.0. The van der Waals surface area contributed by atoms with Crippen LogP contribution in [-0.4, -0.2) is 45.7 Å². The molecule has 2 unspecified atom stereocenters. The lowest BCUT2D eigenvalue weighted by Gasteiger charge is -2.54. The van der Waals surface area contributed by atoms with Gasteiger partial charge in [-0.05, 0) is 55.8 Å². The lowest BCUT2D eigenvalue weighted by atomic mass is 9.51. The molecule has 2 atom stereocenters. The van der Waals surface area contributed by atoms with Crippen molar-refractivity contribution in [1.82, 2.24) is 4.90 Å². The number of nitrogens with zero attached hydrogens (tertiary/aromatic N) is 1. The molecule has 1 amide bonds. The van der Waals surface area contributed by atoms with Gasteiger partial charge < -0.3 is 15.1 Å². The highest BCUT2D eigenvalue weighted by Gasteiger charge is 2.53. The molecule has 5 fully saturated rings. The Bertz CT molecular complexity index is 449. The minimum absolute atomic E-state index is 0.00718. The van der Waals surface area contributed by atoms with Gasteiger partial charge in [-0.1, -0.05) is 0 Å². The molecule has 0 spiro atoms. The van der Waals surface area contributed by atoms with Gasteiger partial charge >= 0.3 is 5.97 Å². The fourth-order valence-electron chi connectivity index (χ4n) is 5.81. The number of rotatable bonds is 2. The van der Waals surface area contributed by atoms with Crippen molar-refractivity contribution >= 4 is 11.9 Å². The number of aliphatic carboxylic acids is 1. The maximum atomic E-state index is 12.9. The number of hydrogen-bond donors (Lipinski definition) is 2. The number of carbonyl (C=O) groups excluding carboxylic acids is 1. The Labute approximate surface area is 124 Å². The summed E-state index contributed by atoms with van der Waals surface area (Å²) in [4.78, 5) is 25.8. The minimum Gasteiger partial charge on any atom is -0.480 e. The SMILES string of the molecule is O=C(O)C1CC(O)CN1C(=O)C1C2CC3CC(C2)CC1C3. The van der Waals surface area contributed by atoms with E-state index in [-0.39, 0.29) is 24.8 Å². The van der Waals surface area contributed by atoms with Crippen LogP contribution in [0.4, 0.5) is 0 Å². The quantitative estimate of drug-likeness (QED) is 0.799. The first-order valence-electron chi connectivity index (χ1n) is 8.24. The van der Waals surface area contributed by atoms with E-state index in [0.717, 1.165) is 37.5 Å². The summed E-state index contributed by atoms with van der Waals surface area (Å²) >= 11 is 0. The molecule has 0 aromatic heterocycles. The Hall–Kier alpha value is -1.10. The standard InChI is InChI=1S/C16H23NO4/c18-12-6-13(16(20)21)17(7-12)15(19)14-10-2-8-1-9(4-10)5-11(14)3-8/h8-14,18H,1-7H2,(H,20,21). The van der Waals surface area contributed by atoms with Crippen LogP contribution in [-0.2, 0) is 9.59 Å². The molecule has 0 aromatic rings.